The number of hydrogen-bond donors (Lipinski definition) is 1. The fourth-order valence-corrected chi connectivity index (χ4v) is 3.61. The average Bonchev–Trinajstić information content (AvgIpc) is 2.92. The van der Waals surface area contributed by atoms with E-state index in [0.29, 0.717) is 5.56 Å². The van der Waals surface area contributed by atoms with Gasteiger partial charge in [-0.3, -0.25) is 0 Å². The molecular formula is C18H17N3S. The van der Waals surface area contributed by atoms with E-state index in [4.69, 9.17) is 0 Å². The molecule has 0 saturated heterocycles. The SMILES string of the molecule is CN(C)Cc1ccccc1Sc1c[nH]c2cccc(C#N)c12. The minimum Gasteiger partial charge on any atom is -0.360 e. The maximum atomic E-state index is 9.34. The summed E-state index contributed by atoms with van der Waals surface area (Å²) in [5, 5.41) is 10.3. The molecule has 22 heavy (non-hydrogen) atoms. The van der Waals surface area contributed by atoms with Crippen molar-refractivity contribution < 1.29 is 0 Å². The molecule has 2 aromatic carbocycles. The molecule has 0 atom stereocenters. The predicted octanol–water partition coefficient (Wildman–Crippen LogP) is 4.25. The van der Waals surface area contributed by atoms with Crippen LogP contribution in [0.3, 0.4) is 0 Å². The highest BCUT2D eigenvalue weighted by Crippen LogP contribution is 2.37. The summed E-state index contributed by atoms with van der Waals surface area (Å²) in [6.45, 7) is 0.899. The first-order valence-electron chi connectivity index (χ1n) is 7.09. The summed E-state index contributed by atoms with van der Waals surface area (Å²) in [6, 6.07) is 16.5. The molecule has 3 nitrogen and oxygen atoms in total. The lowest BCUT2D eigenvalue weighted by Gasteiger charge is -2.13. The predicted molar refractivity (Wildman–Crippen MR) is 91.0 cm³/mol. The van der Waals surface area contributed by atoms with Crippen LogP contribution in [0.25, 0.3) is 10.9 Å². The van der Waals surface area contributed by atoms with Crippen LogP contribution >= 0.6 is 11.8 Å². The molecule has 3 aromatic rings. The zero-order chi connectivity index (χ0) is 15.5. The maximum Gasteiger partial charge on any atom is 0.0999 e. The number of rotatable bonds is 4. The Labute approximate surface area is 134 Å². The van der Waals surface area contributed by atoms with Crippen LogP contribution in [-0.4, -0.2) is 24.0 Å². The highest BCUT2D eigenvalue weighted by atomic mass is 32.2. The monoisotopic (exact) mass is 307 g/mol. The van der Waals surface area contributed by atoms with Gasteiger partial charge in [0.2, 0.25) is 0 Å². The van der Waals surface area contributed by atoms with Crippen LogP contribution < -0.4 is 0 Å². The molecule has 0 spiro atoms. The van der Waals surface area contributed by atoms with Crippen molar-refractivity contribution in [3.05, 3.63) is 59.8 Å². The first-order chi connectivity index (χ1) is 10.7. The number of nitrogens with one attached hydrogen (secondary N) is 1. The van der Waals surface area contributed by atoms with Gasteiger partial charge in [-0.1, -0.05) is 36.0 Å². The van der Waals surface area contributed by atoms with Crippen LogP contribution in [0.5, 0.6) is 0 Å². The van der Waals surface area contributed by atoms with E-state index in [1.807, 2.05) is 24.4 Å². The van der Waals surface area contributed by atoms with E-state index in [2.05, 4.69) is 54.3 Å². The Morgan fingerprint density at radius 1 is 1.09 bits per heavy atom. The molecule has 0 aliphatic carbocycles. The lowest BCUT2D eigenvalue weighted by atomic mass is 10.1. The Morgan fingerprint density at radius 2 is 1.91 bits per heavy atom. The zero-order valence-electron chi connectivity index (χ0n) is 12.6. The molecule has 1 aromatic heterocycles. The fraction of sp³-hybridized carbons (Fsp3) is 0.167. The third-order valence-electron chi connectivity index (χ3n) is 3.47. The normalized spacial score (nSPS) is 11.0. The Hall–Kier alpha value is -2.22. The maximum absolute atomic E-state index is 9.34. The highest BCUT2D eigenvalue weighted by molar-refractivity contribution is 7.99. The zero-order valence-corrected chi connectivity index (χ0v) is 13.4. The summed E-state index contributed by atoms with van der Waals surface area (Å²) < 4.78 is 0. The first kappa shape index (κ1) is 14.7. The minimum atomic E-state index is 0.714. The largest absolute Gasteiger partial charge is 0.360 e. The fourth-order valence-electron chi connectivity index (χ4n) is 2.52. The molecule has 3 rings (SSSR count). The van der Waals surface area contributed by atoms with Crippen LogP contribution in [0.2, 0.25) is 0 Å². The molecule has 0 amide bonds. The number of aromatic amines is 1. The Morgan fingerprint density at radius 3 is 2.68 bits per heavy atom. The van der Waals surface area contributed by atoms with Crippen LogP contribution in [0.15, 0.2) is 58.5 Å². The molecule has 0 aliphatic rings. The van der Waals surface area contributed by atoms with Gasteiger partial charge >= 0.3 is 0 Å². The smallest absolute Gasteiger partial charge is 0.0999 e. The van der Waals surface area contributed by atoms with E-state index in [0.717, 1.165) is 22.3 Å². The van der Waals surface area contributed by atoms with Gasteiger partial charge in [0.1, 0.15) is 0 Å². The summed E-state index contributed by atoms with van der Waals surface area (Å²) in [5.41, 5.74) is 3.01. The van der Waals surface area contributed by atoms with E-state index in [9.17, 15) is 5.26 Å². The summed E-state index contributed by atoms with van der Waals surface area (Å²) in [7, 11) is 4.14. The van der Waals surface area contributed by atoms with E-state index in [-0.39, 0.29) is 0 Å². The molecule has 0 fully saturated rings. The first-order valence-corrected chi connectivity index (χ1v) is 7.91. The third kappa shape index (κ3) is 2.87. The second-order valence-corrected chi connectivity index (χ2v) is 6.52. The number of fused-ring (bicyclic) bond motifs is 1. The number of H-pyrrole nitrogens is 1. The molecule has 0 radical (unpaired) electrons. The molecule has 0 saturated carbocycles. The molecule has 0 bridgehead atoms. The van der Waals surface area contributed by atoms with Gasteiger partial charge < -0.3 is 9.88 Å². The number of hydrogen-bond acceptors (Lipinski definition) is 3. The quantitative estimate of drug-likeness (QED) is 0.783. The molecule has 0 unspecified atom stereocenters. The number of aromatic nitrogens is 1. The molecular weight excluding hydrogens is 290 g/mol. The minimum absolute atomic E-state index is 0.714. The molecule has 0 aliphatic heterocycles. The summed E-state index contributed by atoms with van der Waals surface area (Å²) >= 11 is 1.71. The van der Waals surface area contributed by atoms with Crippen molar-refractivity contribution in [2.24, 2.45) is 0 Å². The standard InChI is InChI=1S/C18H17N3S/c1-21(2)12-14-6-3-4-9-16(14)22-17-11-20-15-8-5-7-13(10-19)18(15)17/h3-9,11,20H,12H2,1-2H3. The van der Waals surface area contributed by atoms with E-state index >= 15 is 0 Å². The van der Waals surface area contributed by atoms with Crippen LogP contribution in [-0.2, 0) is 6.54 Å². The Balaban J connectivity index is 2.03. The number of nitrogens with zero attached hydrogens (tertiary/aromatic N) is 2. The van der Waals surface area contributed by atoms with Crippen molar-refractivity contribution in [3.8, 4) is 6.07 Å². The Kier molecular flexibility index (Phi) is 4.19. The van der Waals surface area contributed by atoms with Crippen molar-refractivity contribution in [2.45, 2.75) is 16.3 Å². The van der Waals surface area contributed by atoms with Gasteiger partial charge in [0.15, 0.2) is 0 Å². The topological polar surface area (TPSA) is 42.8 Å². The van der Waals surface area contributed by atoms with E-state index < -0.39 is 0 Å². The average molecular weight is 307 g/mol. The summed E-state index contributed by atoms with van der Waals surface area (Å²) in [4.78, 5) is 7.75. The number of nitriles is 1. The van der Waals surface area contributed by atoms with Crippen molar-refractivity contribution in [1.29, 1.82) is 5.26 Å². The molecule has 110 valence electrons. The van der Waals surface area contributed by atoms with Crippen LogP contribution in [0, 0.1) is 11.3 Å². The van der Waals surface area contributed by atoms with Crippen LogP contribution in [0.4, 0.5) is 0 Å². The van der Waals surface area contributed by atoms with Gasteiger partial charge in [0, 0.05) is 33.4 Å². The Bertz CT molecular complexity index is 843. The second kappa shape index (κ2) is 6.27. The lowest BCUT2D eigenvalue weighted by molar-refractivity contribution is 0.399. The molecule has 1 heterocycles. The number of benzene rings is 2. The van der Waals surface area contributed by atoms with Crippen molar-refractivity contribution in [1.82, 2.24) is 9.88 Å². The van der Waals surface area contributed by atoms with Gasteiger partial charge in [-0.25, -0.2) is 0 Å². The summed E-state index contributed by atoms with van der Waals surface area (Å²) in [6.07, 6.45) is 1.99. The van der Waals surface area contributed by atoms with Crippen molar-refractivity contribution in [3.63, 3.8) is 0 Å². The second-order valence-electron chi connectivity index (χ2n) is 5.44. The highest BCUT2D eigenvalue weighted by Gasteiger charge is 2.12. The summed E-state index contributed by atoms with van der Waals surface area (Å²) in [5.74, 6) is 0. The van der Waals surface area contributed by atoms with Gasteiger partial charge in [-0.2, -0.15) is 5.26 Å². The van der Waals surface area contributed by atoms with Gasteiger partial charge in [0.25, 0.3) is 0 Å². The van der Waals surface area contributed by atoms with E-state index in [1.165, 1.54) is 10.5 Å². The van der Waals surface area contributed by atoms with Crippen molar-refractivity contribution in [2.75, 3.05) is 14.1 Å². The van der Waals surface area contributed by atoms with Crippen molar-refractivity contribution >= 4 is 22.7 Å². The van der Waals surface area contributed by atoms with Gasteiger partial charge in [0.05, 0.1) is 11.6 Å². The van der Waals surface area contributed by atoms with Crippen LogP contribution in [0.1, 0.15) is 11.1 Å². The van der Waals surface area contributed by atoms with E-state index in [1.54, 1.807) is 11.8 Å². The van der Waals surface area contributed by atoms with Gasteiger partial charge in [-0.05, 0) is 37.9 Å². The molecule has 1 N–H and O–H groups in total. The lowest BCUT2D eigenvalue weighted by Crippen LogP contribution is -2.11. The third-order valence-corrected chi connectivity index (χ3v) is 4.63. The molecule has 4 heteroatoms. The van der Waals surface area contributed by atoms with Gasteiger partial charge in [-0.15, -0.1) is 0 Å².